The zero-order valence-electron chi connectivity index (χ0n) is 15.1. The van der Waals surface area contributed by atoms with E-state index in [0.29, 0.717) is 12.3 Å². The van der Waals surface area contributed by atoms with Gasteiger partial charge < -0.3 is 19.3 Å². The molecular weight excluding hydrogens is 326 g/mol. The quantitative estimate of drug-likeness (QED) is 0.725. The van der Waals surface area contributed by atoms with Crippen LogP contribution >= 0.6 is 11.8 Å². The Morgan fingerprint density at radius 3 is 2.71 bits per heavy atom. The van der Waals surface area contributed by atoms with Gasteiger partial charge in [0.15, 0.2) is 5.16 Å². The number of amides is 1. The fourth-order valence-corrected chi connectivity index (χ4v) is 4.07. The van der Waals surface area contributed by atoms with E-state index < -0.39 is 0 Å². The number of rotatable bonds is 8. The highest BCUT2D eigenvalue weighted by atomic mass is 32.2. The summed E-state index contributed by atoms with van der Waals surface area (Å²) in [4.78, 5) is 18.8. The Bertz CT molecular complexity index is 531. The summed E-state index contributed by atoms with van der Waals surface area (Å²) in [5.41, 5.74) is 0.769. The summed E-state index contributed by atoms with van der Waals surface area (Å²) in [7, 11) is 0. The van der Waals surface area contributed by atoms with Gasteiger partial charge in [0, 0.05) is 18.7 Å². The molecule has 1 saturated heterocycles. The predicted molar refractivity (Wildman–Crippen MR) is 95.0 cm³/mol. The lowest BCUT2D eigenvalue weighted by atomic mass is 10.2. The second kappa shape index (κ2) is 8.87. The number of hydrogen-bond acceptors (Lipinski definition) is 5. The fraction of sp³-hybridized carbons (Fsp3) is 0.765. The Balaban J connectivity index is 2.03. The second-order valence-electron chi connectivity index (χ2n) is 6.71. The number of aliphatic hydroxyl groups excluding tert-OH is 1. The number of hydrogen-bond donors (Lipinski definition) is 1. The summed E-state index contributed by atoms with van der Waals surface area (Å²) in [6.45, 7) is 9.56. The van der Waals surface area contributed by atoms with Gasteiger partial charge in [0.1, 0.15) is 0 Å². The van der Waals surface area contributed by atoms with Crippen molar-refractivity contribution in [3.63, 3.8) is 0 Å². The number of thioether (sulfide) groups is 1. The summed E-state index contributed by atoms with van der Waals surface area (Å²) in [5.74, 6) is 0.464. The van der Waals surface area contributed by atoms with E-state index in [0.717, 1.165) is 30.3 Å². The normalized spacial score (nSPS) is 17.9. The van der Waals surface area contributed by atoms with Gasteiger partial charge in [-0.25, -0.2) is 4.98 Å². The molecule has 1 unspecified atom stereocenters. The molecular formula is C17H29N3O3S. The van der Waals surface area contributed by atoms with Crippen LogP contribution in [0, 0.1) is 0 Å². The van der Waals surface area contributed by atoms with Gasteiger partial charge >= 0.3 is 0 Å². The standard InChI is InChI=1S/C17H29N3O3S/c1-12(2)20(13(3)4)16(22)11-24-17-18-8-14(10-21)19(17)9-15-6-5-7-23-15/h8,12-13,15,21H,5-7,9-11H2,1-4H3. The maximum Gasteiger partial charge on any atom is 0.233 e. The van der Waals surface area contributed by atoms with Crippen molar-refractivity contribution in [2.45, 2.75) is 77.0 Å². The molecule has 2 rings (SSSR count). The SMILES string of the molecule is CC(C)N(C(=O)CSc1ncc(CO)n1CC1CCCO1)C(C)C. The summed E-state index contributed by atoms with van der Waals surface area (Å²) in [5, 5.41) is 10.3. The third-order valence-electron chi connectivity index (χ3n) is 4.20. The van der Waals surface area contributed by atoms with Crippen LogP contribution in [-0.4, -0.2) is 56.0 Å². The van der Waals surface area contributed by atoms with Crippen LogP contribution in [0.2, 0.25) is 0 Å². The van der Waals surface area contributed by atoms with Gasteiger partial charge in [-0.2, -0.15) is 0 Å². The van der Waals surface area contributed by atoms with E-state index in [2.05, 4.69) is 4.98 Å². The van der Waals surface area contributed by atoms with Crippen molar-refractivity contribution in [1.29, 1.82) is 0 Å². The van der Waals surface area contributed by atoms with Gasteiger partial charge in [-0.05, 0) is 40.5 Å². The number of aromatic nitrogens is 2. The number of aliphatic hydroxyl groups is 1. The first-order valence-electron chi connectivity index (χ1n) is 8.64. The molecule has 1 aromatic heterocycles. The molecule has 0 aliphatic carbocycles. The topological polar surface area (TPSA) is 67.6 Å². The minimum absolute atomic E-state index is 0.0572. The fourth-order valence-electron chi connectivity index (χ4n) is 3.19. The van der Waals surface area contributed by atoms with Crippen molar-refractivity contribution in [2.75, 3.05) is 12.4 Å². The van der Waals surface area contributed by atoms with Crippen LogP contribution in [0.5, 0.6) is 0 Å². The molecule has 0 bridgehead atoms. The molecule has 0 radical (unpaired) electrons. The molecule has 136 valence electrons. The van der Waals surface area contributed by atoms with Crippen LogP contribution in [0.3, 0.4) is 0 Å². The molecule has 24 heavy (non-hydrogen) atoms. The smallest absolute Gasteiger partial charge is 0.233 e. The van der Waals surface area contributed by atoms with Crippen LogP contribution in [0.25, 0.3) is 0 Å². The van der Waals surface area contributed by atoms with Gasteiger partial charge in [0.25, 0.3) is 0 Å². The minimum atomic E-state index is -0.0572. The monoisotopic (exact) mass is 355 g/mol. The summed E-state index contributed by atoms with van der Waals surface area (Å²) < 4.78 is 7.68. The van der Waals surface area contributed by atoms with Crippen LogP contribution in [0.4, 0.5) is 0 Å². The maximum absolute atomic E-state index is 12.5. The summed E-state index contributed by atoms with van der Waals surface area (Å²) in [6.07, 6.45) is 3.96. The molecule has 7 heteroatoms. The molecule has 0 aromatic carbocycles. The average molecular weight is 356 g/mol. The van der Waals surface area contributed by atoms with Crippen molar-refractivity contribution in [3.05, 3.63) is 11.9 Å². The Labute approximate surface area is 148 Å². The molecule has 1 atom stereocenters. The van der Waals surface area contributed by atoms with Crippen molar-refractivity contribution in [2.24, 2.45) is 0 Å². The van der Waals surface area contributed by atoms with Gasteiger partial charge in [-0.1, -0.05) is 11.8 Å². The van der Waals surface area contributed by atoms with Crippen LogP contribution in [0.15, 0.2) is 11.4 Å². The number of ether oxygens (including phenoxy) is 1. The van der Waals surface area contributed by atoms with E-state index in [9.17, 15) is 9.90 Å². The Morgan fingerprint density at radius 1 is 1.46 bits per heavy atom. The molecule has 6 nitrogen and oxygen atoms in total. The number of carbonyl (C=O) groups is 1. The van der Waals surface area contributed by atoms with Gasteiger partial charge in [0.2, 0.25) is 5.91 Å². The molecule has 0 saturated carbocycles. The molecule has 1 aromatic rings. The molecule has 0 spiro atoms. The maximum atomic E-state index is 12.5. The van der Waals surface area contributed by atoms with E-state index in [1.165, 1.54) is 11.8 Å². The van der Waals surface area contributed by atoms with E-state index in [4.69, 9.17) is 4.74 Å². The lowest BCUT2D eigenvalue weighted by molar-refractivity contribution is -0.131. The number of imidazole rings is 1. The lowest BCUT2D eigenvalue weighted by Gasteiger charge is -2.30. The zero-order valence-corrected chi connectivity index (χ0v) is 15.9. The highest BCUT2D eigenvalue weighted by molar-refractivity contribution is 7.99. The largest absolute Gasteiger partial charge is 0.390 e. The highest BCUT2D eigenvalue weighted by Crippen LogP contribution is 2.23. The Morgan fingerprint density at radius 2 is 2.17 bits per heavy atom. The van der Waals surface area contributed by atoms with Crippen molar-refractivity contribution in [1.82, 2.24) is 14.5 Å². The van der Waals surface area contributed by atoms with Gasteiger partial charge in [-0.3, -0.25) is 4.79 Å². The Hall–Kier alpha value is -1.05. The van der Waals surface area contributed by atoms with Crippen molar-refractivity contribution >= 4 is 17.7 Å². The van der Waals surface area contributed by atoms with E-state index in [1.807, 2.05) is 37.2 Å². The van der Waals surface area contributed by atoms with E-state index >= 15 is 0 Å². The van der Waals surface area contributed by atoms with Crippen LogP contribution in [0.1, 0.15) is 46.2 Å². The summed E-state index contributed by atoms with van der Waals surface area (Å²) in [6, 6.07) is 0.357. The first kappa shape index (κ1) is 19.3. The van der Waals surface area contributed by atoms with Crippen molar-refractivity contribution < 1.29 is 14.6 Å². The van der Waals surface area contributed by atoms with Crippen LogP contribution in [-0.2, 0) is 22.7 Å². The molecule has 1 amide bonds. The second-order valence-corrected chi connectivity index (χ2v) is 7.66. The molecule has 1 N–H and O–H groups in total. The van der Waals surface area contributed by atoms with E-state index in [1.54, 1.807) is 6.20 Å². The first-order chi connectivity index (χ1) is 11.4. The number of nitrogens with zero attached hydrogens (tertiary/aromatic N) is 3. The van der Waals surface area contributed by atoms with Gasteiger partial charge in [-0.15, -0.1) is 0 Å². The Kier molecular flexibility index (Phi) is 7.13. The lowest BCUT2D eigenvalue weighted by Crippen LogP contribution is -2.43. The molecule has 1 fully saturated rings. The average Bonchev–Trinajstić information content (AvgIpc) is 3.14. The third-order valence-corrected chi connectivity index (χ3v) is 5.17. The predicted octanol–water partition coefficient (Wildman–Crippen LogP) is 2.29. The third kappa shape index (κ3) is 4.74. The van der Waals surface area contributed by atoms with Crippen LogP contribution < -0.4 is 0 Å². The minimum Gasteiger partial charge on any atom is -0.390 e. The zero-order chi connectivity index (χ0) is 17.7. The molecule has 2 heterocycles. The number of carbonyl (C=O) groups excluding carboxylic acids is 1. The van der Waals surface area contributed by atoms with E-state index in [-0.39, 0.29) is 30.7 Å². The van der Waals surface area contributed by atoms with Gasteiger partial charge in [0.05, 0.1) is 36.9 Å². The summed E-state index contributed by atoms with van der Waals surface area (Å²) >= 11 is 1.43. The van der Waals surface area contributed by atoms with Crippen molar-refractivity contribution in [3.8, 4) is 0 Å². The first-order valence-corrected chi connectivity index (χ1v) is 9.63. The highest BCUT2D eigenvalue weighted by Gasteiger charge is 2.23. The molecule has 1 aliphatic heterocycles. The molecule has 1 aliphatic rings.